The number of methoxy groups -OCH3 is 1. The van der Waals surface area contributed by atoms with Crippen molar-refractivity contribution in [3.63, 3.8) is 0 Å². The highest BCUT2D eigenvalue weighted by Crippen LogP contribution is 2.33. The minimum Gasteiger partial charge on any atom is -0.496 e. The zero-order valence-corrected chi connectivity index (χ0v) is 10.3. The third-order valence-electron chi connectivity index (χ3n) is 3.29. The molecule has 0 saturated heterocycles. The van der Waals surface area contributed by atoms with Crippen molar-refractivity contribution in [2.75, 3.05) is 20.2 Å². The summed E-state index contributed by atoms with van der Waals surface area (Å²) in [5.41, 5.74) is 5.19. The van der Waals surface area contributed by atoms with E-state index in [0.29, 0.717) is 0 Å². The largest absolute Gasteiger partial charge is 0.496 e. The van der Waals surface area contributed by atoms with Crippen molar-refractivity contribution >= 4 is 5.57 Å². The van der Waals surface area contributed by atoms with E-state index >= 15 is 0 Å². The Labute approximate surface area is 97.3 Å². The molecule has 1 aliphatic rings. The molecule has 0 spiro atoms. The maximum Gasteiger partial charge on any atom is 0.129 e. The van der Waals surface area contributed by atoms with Gasteiger partial charge in [0.25, 0.3) is 0 Å². The van der Waals surface area contributed by atoms with Gasteiger partial charge in [0.1, 0.15) is 5.75 Å². The molecule has 1 aromatic rings. The number of hydrogen-bond donors (Lipinski definition) is 1. The van der Waals surface area contributed by atoms with Gasteiger partial charge in [0.15, 0.2) is 0 Å². The third kappa shape index (κ3) is 1.98. The van der Waals surface area contributed by atoms with Crippen molar-refractivity contribution in [3.05, 3.63) is 34.9 Å². The molecule has 0 aromatic heterocycles. The van der Waals surface area contributed by atoms with Crippen LogP contribution in [0.25, 0.3) is 5.57 Å². The van der Waals surface area contributed by atoms with Crippen LogP contribution in [0.4, 0.5) is 0 Å². The molecule has 0 unspecified atom stereocenters. The van der Waals surface area contributed by atoms with Crippen molar-refractivity contribution < 1.29 is 4.74 Å². The molecule has 0 aliphatic carbocycles. The summed E-state index contributed by atoms with van der Waals surface area (Å²) in [5, 5.41) is 3.33. The Morgan fingerprint density at radius 2 is 2.06 bits per heavy atom. The lowest BCUT2D eigenvalue weighted by Crippen LogP contribution is -2.20. The van der Waals surface area contributed by atoms with Crippen LogP contribution >= 0.6 is 0 Å². The molecule has 0 atom stereocenters. The highest BCUT2D eigenvalue weighted by molar-refractivity contribution is 5.73. The zero-order valence-electron chi connectivity index (χ0n) is 10.3. The number of nitrogens with one attached hydrogen (secondary N) is 1. The molecule has 16 heavy (non-hydrogen) atoms. The van der Waals surface area contributed by atoms with Crippen LogP contribution in [0.5, 0.6) is 5.75 Å². The first kappa shape index (κ1) is 11.2. The summed E-state index contributed by atoms with van der Waals surface area (Å²) in [6, 6.07) is 4.36. The number of hydrogen-bond acceptors (Lipinski definition) is 2. The average molecular weight is 217 g/mol. The smallest absolute Gasteiger partial charge is 0.129 e. The summed E-state index contributed by atoms with van der Waals surface area (Å²) in [5.74, 6) is 1.04. The van der Waals surface area contributed by atoms with E-state index in [1.165, 1.54) is 22.3 Å². The van der Waals surface area contributed by atoms with Crippen LogP contribution in [0.15, 0.2) is 18.2 Å². The van der Waals surface area contributed by atoms with Crippen LogP contribution in [0, 0.1) is 13.8 Å². The van der Waals surface area contributed by atoms with Gasteiger partial charge in [-0.2, -0.15) is 0 Å². The Morgan fingerprint density at radius 3 is 2.69 bits per heavy atom. The maximum atomic E-state index is 5.55. The molecular weight excluding hydrogens is 198 g/mol. The Morgan fingerprint density at radius 1 is 1.25 bits per heavy atom. The first-order chi connectivity index (χ1) is 7.74. The van der Waals surface area contributed by atoms with Crippen LogP contribution in [-0.2, 0) is 0 Å². The molecular formula is C14H19NO. The molecule has 1 N–H and O–H groups in total. The second-order valence-electron chi connectivity index (χ2n) is 4.27. The lowest BCUT2D eigenvalue weighted by Gasteiger charge is -2.19. The van der Waals surface area contributed by atoms with Gasteiger partial charge in [-0.05, 0) is 43.5 Å². The summed E-state index contributed by atoms with van der Waals surface area (Å²) in [6.07, 6.45) is 3.34. The molecule has 2 rings (SSSR count). The fourth-order valence-electron chi connectivity index (χ4n) is 2.17. The summed E-state index contributed by atoms with van der Waals surface area (Å²) in [4.78, 5) is 0. The highest BCUT2D eigenvalue weighted by atomic mass is 16.5. The molecule has 1 aliphatic heterocycles. The number of aryl methyl sites for hydroxylation is 1. The number of rotatable bonds is 2. The van der Waals surface area contributed by atoms with Gasteiger partial charge in [0.2, 0.25) is 0 Å². The monoisotopic (exact) mass is 217 g/mol. The predicted octanol–water partition coefficient (Wildman–Crippen LogP) is 2.69. The molecule has 0 fully saturated rings. The van der Waals surface area contributed by atoms with Gasteiger partial charge < -0.3 is 10.1 Å². The Kier molecular flexibility index (Phi) is 3.30. The predicted molar refractivity (Wildman–Crippen MR) is 67.9 cm³/mol. The van der Waals surface area contributed by atoms with Gasteiger partial charge in [-0.3, -0.25) is 0 Å². The van der Waals surface area contributed by atoms with E-state index < -0.39 is 0 Å². The van der Waals surface area contributed by atoms with Crippen LogP contribution in [-0.4, -0.2) is 20.2 Å². The molecule has 1 aromatic carbocycles. The van der Waals surface area contributed by atoms with Crippen molar-refractivity contribution in [3.8, 4) is 5.75 Å². The normalized spacial score (nSPS) is 15.8. The van der Waals surface area contributed by atoms with Gasteiger partial charge in [0, 0.05) is 12.1 Å². The van der Waals surface area contributed by atoms with Crippen molar-refractivity contribution in [2.24, 2.45) is 0 Å². The number of ether oxygens (including phenoxy) is 1. The van der Waals surface area contributed by atoms with Gasteiger partial charge in [-0.15, -0.1) is 0 Å². The Balaban J connectivity index is 2.47. The van der Waals surface area contributed by atoms with Crippen LogP contribution in [0.1, 0.15) is 23.1 Å². The standard InChI is InChI=1S/C14H19NO/c1-10-4-5-13(14(16-3)11(10)2)12-6-8-15-9-7-12/h4-6,15H,7-9H2,1-3H3. The van der Waals surface area contributed by atoms with Crippen LogP contribution < -0.4 is 10.1 Å². The quantitative estimate of drug-likeness (QED) is 0.822. The van der Waals surface area contributed by atoms with E-state index in [1.807, 2.05) is 0 Å². The van der Waals surface area contributed by atoms with Crippen molar-refractivity contribution in [2.45, 2.75) is 20.3 Å². The molecule has 0 radical (unpaired) electrons. The first-order valence-corrected chi connectivity index (χ1v) is 5.78. The van der Waals surface area contributed by atoms with Gasteiger partial charge in [-0.25, -0.2) is 0 Å². The molecule has 0 saturated carbocycles. The highest BCUT2D eigenvalue weighted by Gasteiger charge is 2.13. The Hall–Kier alpha value is -1.28. The molecule has 0 amide bonds. The van der Waals surface area contributed by atoms with Gasteiger partial charge in [-0.1, -0.05) is 18.2 Å². The average Bonchev–Trinajstić information content (AvgIpc) is 2.33. The fraction of sp³-hybridized carbons (Fsp3) is 0.429. The van der Waals surface area contributed by atoms with Gasteiger partial charge >= 0.3 is 0 Å². The topological polar surface area (TPSA) is 21.3 Å². The molecule has 2 nitrogen and oxygen atoms in total. The van der Waals surface area contributed by atoms with Crippen molar-refractivity contribution in [1.29, 1.82) is 0 Å². The summed E-state index contributed by atoms with van der Waals surface area (Å²) < 4.78 is 5.55. The van der Waals surface area contributed by atoms with Crippen molar-refractivity contribution in [1.82, 2.24) is 5.32 Å². The maximum absolute atomic E-state index is 5.55. The molecule has 2 heteroatoms. The fourth-order valence-corrected chi connectivity index (χ4v) is 2.17. The molecule has 0 bridgehead atoms. The number of benzene rings is 1. The first-order valence-electron chi connectivity index (χ1n) is 5.78. The second-order valence-corrected chi connectivity index (χ2v) is 4.27. The third-order valence-corrected chi connectivity index (χ3v) is 3.29. The lowest BCUT2D eigenvalue weighted by molar-refractivity contribution is 0.409. The van der Waals surface area contributed by atoms with E-state index in [9.17, 15) is 0 Å². The molecule has 86 valence electrons. The summed E-state index contributed by atoms with van der Waals surface area (Å²) in [6.45, 7) is 6.27. The van der Waals surface area contributed by atoms with E-state index in [2.05, 4.69) is 37.4 Å². The van der Waals surface area contributed by atoms with E-state index in [1.54, 1.807) is 7.11 Å². The zero-order chi connectivity index (χ0) is 11.5. The van der Waals surface area contributed by atoms with E-state index in [4.69, 9.17) is 4.74 Å². The molecule has 1 heterocycles. The summed E-state index contributed by atoms with van der Waals surface area (Å²) in [7, 11) is 1.76. The van der Waals surface area contributed by atoms with Crippen LogP contribution in [0.2, 0.25) is 0 Å². The Bertz CT molecular complexity index is 421. The van der Waals surface area contributed by atoms with Crippen LogP contribution in [0.3, 0.4) is 0 Å². The van der Waals surface area contributed by atoms with E-state index in [0.717, 1.165) is 25.3 Å². The lowest BCUT2D eigenvalue weighted by atomic mass is 9.95. The second kappa shape index (κ2) is 4.71. The summed E-state index contributed by atoms with van der Waals surface area (Å²) >= 11 is 0. The minimum atomic E-state index is 0.964. The van der Waals surface area contributed by atoms with E-state index in [-0.39, 0.29) is 0 Å². The van der Waals surface area contributed by atoms with Gasteiger partial charge in [0.05, 0.1) is 7.11 Å². The minimum absolute atomic E-state index is 0.964. The SMILES string of the molecule is COc1c(C2=CCNCC2)ccc(C)c1C.